The third-order valence-corrected chi connectivity index (χ3v) is 6.82. The first-order chi connectivity index (χ1) is 16.8. The number of amides is 2. The maximum absolute atomic E-state index is 12.9. The zero-order valence-corrected chi connectivity index (χ0v) is 21.5. The maximum Gasteiger partial charge on any atom is 0.341 e. The molecule has 3 rings (SSSR count). The summed E-state index contributed by atoms with van der Waals surface area (Å²) in [7, 11) is 0. The monoisotopic (exact) mass is 498 g/mol. The highest BCUT2D eigenvalue weighted by Crippen LogP contribution is 2.40. The van der Waals surface area contributed by atoms with E-state index in [1.807, 2.05) is 38.1 Å². The number of hydrogen-bond acceptors (Lipinski definition) is 7. The van der Waals surface area contributed by atoms with Crippen LogP contribution in [-0.2, 0) is 14.3 Å². The van der Waals surface area contributed by atoms with E-state index in [0.29, 0.717) is 49.8 Å². The summed E-state index contributed by atoms with van der Waals surface area (Å²) in [5, 5.41) is 6.25. The first-order valence-corrected chi connectivity index (χ1v) is 12.6. The van der Waals surface area contributed by atoms with Crippen LogP contribution in [0.15, 0.2) is 36.9 Å². The average Bonchev–Trinajstić information content (AvgIpc) is 3.15. The van der Waals surface area contributed by atoms with Gasteiger partial charge in [0.15, 0.2) is 0 Å². The van der Waals surface area contributed by atoms with Crippen LogP contribution < -0.4 is 10.6 Å². The molecule has 9 heteroatoms. The zero-order chi connectivity index (χ0) is 25.4. The number of piperazine rings is 1. The van der Waals surface area contributed by atoms with Gasteiger partial charge in [0.05, 0.1) is 19.7 Å². The molecule has 1 fully saturated rings. The fourth-order valence-corrected chi connectivity index (χ4v) is 5.10. The molecule has 0 radical (unpaired) electrons. The van der Waals surface area contributed by atoms with E-state index in [1.165, 1.54) is 11.3 Å². The van der Waals surface area contributed by atoms with E-state index in [9.17, 15) is 14.4 Å². The molecule has 1 aliphatic rings. The Morgan fingerprint density at radius 3 is 2.20 bits per heavy atom. The summed E-state index contributed by atoms with van der Waals surface area (Å²) in [5.74, 6) is -0.643. The second-order valence-corrected chi connectivity index (χ2v) is 9.74. The maximum atomic E-state index is 12.9. The summed E-state index contributed by atoms with van der Waals surface area (Å²) in [4.78, 5) is 42.8. The van der Waals surface area contributed by atoms with E-state index in [2.05, 4.69) is 27.0 Å². The largest absolute Gasteiger partial charge is 0.462 e. The number of esters is 1. The van der Waals surface area contributed by atoms with Gasteiger partial charge in [0, 0.05) is 43.2 Å². The lowest BCUT2D eigenvalue weighted by atomic mass is 10.0. The molecule has 0 spiro atoms. The summed E-state index contributed by atoms with van der Waals surface area (Å²) in [6.07, 6.45) is 1.65. The molecule has 2 amide bonds. The Morgan fingerprint density at radius 1 is 1.03 bits per heavy atom. The number of benzene rings is 1. The minimum Gasteiger partial charge on any atom is -0.462 e. The van der Waals surface area contributed by atoms with Crippen LogP contribution in [0.2, 0.25) is 0 Å². The zero-order valence-electron chi connectivity index (χ0n) is 20.7. The Bertz CT molecular complexity index is 1060. The molecule has 1 aliphatic heterocycles. The molecule has 0 atom stereocenters. The molecule has 188 valence electrons. The van der Waals surface area contributed by atoms with Gasteiger partial charge < -0.3 is 15.4 Å². The molecule has 0 aliphatic carbocycles. The third kappa shape index (κ3) is 7.24. The van der Waals surface area contributed by atoms with E-state index in [-0.39, 0.29) is 25.0 Å². The summed E-state index contributed by atoms with van der Waals surface area (Å²) in [5.41, 5.74) is 3.25. The summed E-state index contributed by atoms with van der Waals surface area (Å²) < 4.78 is 5.33. The molecule has 35 heavy (non-hydrogen) atoms. The van der Waals surface area contributed by atoms with E-state index >= 15 is 0 Å². The Morgan fingerprint density at radius 2 is 1.63 bits per heavy atom. The van der Waals surface area contributed by atoms with Crippen molar-refractivity contribution in [1.29, 1.82) is 0 Å². The van der Waals surface area contributed by atoms with Crippen molar-refractivity contribution >= 4 is 34.1 Å². The standard InChI is InChI=1S/C26H34N4O4S/c1-5-11-27-21(31)16-29-12-14-30(15-13-29)17-22(32)28-25-24(26(33)34-6-2)23(19(4)35-25)20-9-7-18(3)8-10-20/h5,7-10H,1,6,11-17H2,2-4H3,(H,27,31)(H,28,32). The molecule has 2 heterocycles. The molecule has 0 bridgehead atoms. The number of ether oxygens (including phenoxy) is 1. The van der Waals surface area contributed by atoms with Gasteiger partial charge in [0.25, 0.3) is 0 Å². The fraction of sp³-hybridized carbons (Fsp3) is 0.423. The van der Waals surface area contributed by atoms with Gasteiger partial charge in [0.2, 0.25) is 11.8 Å². The molecule has 2 aromatic rings. The number of rotatable bonds is 10. The molecule has 0 saturated carbocycles. The van der Waals surface area contributed by atoms with Crippen LogP contribution in [0.5, 0.6) is 0 Å². The number of aryl methyl sites for hydroxylation is 2. The summed E-state index contributed by atoms with van der Waals surface area (Å²) >= 11 is 1.39. The van der Waals surface area contributed by atoms with Gasteiger partial charge in [-0.3, -0.25) is 19.4 Å². The van der Waals surface area contributed by atoms with E-state index in [1.54, 1.807) is 13.0 Å². The predicted molar refractivity (Wildman–Crippen MR) is 140 cm³/mol. The van der Waals surface area contributed by atoms with E-state index < -0.39 is 5.97 Å². The lowest BCUT2D eigenvalue weighted by molar-refractivity contribution is -0.123. The first kappa shape index (κ1) is 26.6. The smallest absolute Gasteiger partial charge is 0.341 e. The summed E-state index contributed by atoms with van der Waals surface area (Å²) in [6.45, 7) is 13.4. The lowest BCUT2D eigenvalue weighted by Gasteiger charge is -2.33. The molecule has 1 aromatic heterocycles. The third-order valence-electron chi connectivity index (χ3n) is 5.80. The number of hydrogen-bond donors (Lipinski definition) is 2. The number of nitrogens with zero attached hydrogens (tertiary/aromatic N) is 2. The van der Waals surface area contributed by atoms with Gasteiger partial charge in [-0.1, -0.05) is 35.9 Å². The van der Waals surface area contributed by atoms with Crippen molar-refractivity contribution in [3.05, 3.63) is 52.9 Å². The number of anilines is 1. The van der Waals surface area contributed by atoms with Gasteiger partial charge in [-0.05, 0) is 26.3 Å². The van der Waals surface area contributed by atoms with Crippen LogP contribution in [0.3, 0.4) is 0 Å². The van der Waals surface area contributed by atoms with Crippen molar-refractivity contribution in [3.63, 3.8) is 0 Å². The van der Waals surface area contributed by atoms with Gasteiger partial charge in [-0.2, -0.15) is 0 Å². The fourth-order valence-electron chi connectivity index (χ4n) is 4.02. The highest BCUT2D eigenvalue weighted by atomic mass is 32.1. The summed E-state index contributed by atoms with van der Waals surface area (Å²) in [6, 6.07) is 7.97. The highest BCUT2D eigenvalue weighted by molar-refractivity contribution is 7.17. The van der Waals surface area contributed by atoms with Crippen LogP contribution in [-0.4, -0.2) is 80.0 Å². The van der Waals surface area contributed by atoms with Crippen molar-refractivity contribution in [2.45, 2.75) is 20.8 Å². The van der Waals surface area contributed by atoms with Crippen LogP contribution in [0.1, 0.15) is 27.7 Å². The van der Waals surface area contributed by atoms with E-state index in [4.69, 9.17) is 4.74 Å². The molecular weight excluding hydrogens is 464 g/mol. The van der Waals surface area contributed by atoms with Gasteiger partial charge in [-0.25, -0.2) is 4.79 Å². The highest BCUT2D eigenvalue weighted by Gasteiger charge is 2.26. The van der Waals surface area contributed by atoms with Crippen molar-refractivity contribution in [2.24, 2.45) is 0 Å². The molecule has 1 aromatic carbocycles. The second-order valence-electron chi connectivity index (χ2n) is 8.52. The van der Waals surface area contributed by atoms with E-state index in [0.717, 1.165) is 21.6 Å². The SMILES string of the molecule is C=CCNC(=O)CN1CCN(CC(=O)Nc2sc(C)c(-c3ccc(C)cc3)c2C(=O)OCC)CC1. The minimum absolute atomic E-state index is 0.0277. The Balaban J connectivity index is 1.65. The molecule has 8 nitrogen and oxygen atoms in total. The molecular formula is C26H34N4O4S. The van der Waals surface area contributed by atoms with Gasteiger partial charge in [0.1, 0.15) is 10.6 Å². The van der Waals surface area contributed by atoms with Crippen LogP contribution in [0, 0.1) is 13.8 Å². The van der Waals surface area contributed by atoms with Crippen LogP contribution in [0.4, 0.5) is 5.00 Å². The number of carbonyl (C=O) groups excluding carboxylic acids is 3. The first-order valence-electron chi connectivity index (χ1n) is 11.8. The number of thiophene rings is 1. The topological polar surface area (TPSA) is 91.0 Å². The molecule has 2 N–H and O–H groups in total. The molecule has 1 saturated heterocycles. The van der Waals surface area contributed by atoms with Crippen LogP contribution >= 0.6 is 11.3 Å². The second kappa shape index (κ2) is 12.6. The van der Waals surface area contributed by atoms with Crippen molar-refractivity contribution in [2.75, 3.05) is 57.7 Å². The average molecular weight is 499 g/mol. The minimum atomic E-state index is -0.439. The Kier molecular flexibility index (Phi) is 9.59. The van der Waals surface area contributed by atoms with Crippen molar-refractivity contribution in [1.82, 2.24) is 15.1 Å². The predicted octanol–water partition coefficient (Wildman–Crippen LogP) is 3.07. The Labute approximate surface area is 210 Å². The lowest BCUT2D eigenvalue weighted by Crippen LogP contribution is -2.51. The van der Waals surface area contributed by atoms with Crippen molar-refractivity contribution in [3.8, 4) is 11.1 Å². The number of carbonyl (C=O) groups is 3. The number of nitrogens with one attached hydrogen (secondary N) is 2. The molecule has 0 unspecified atom stereocenters. The van der Waals surface area contributed by atoms with Gasteiger partial charge >= 0.3 is 5.97 Å². The van der Waals surface area contributed by atoms with Crippen molar-refractivity contribution < 1.29 is 19.1 Å². The normalized spacial score (nSPS) is 14.4. The quantitative estimate of drug-likeness (QED) is 0.387. The van der Waals surface area contributed by atoms with Gasteiger partial charge in [-0.15, -0.1) is 17.9 Å². The van der Waals surface area contributed by atoms with Crippen LogP contribution in [0.25, 0.3) is 11.1 Å². The Hall–Kier alpha value is -3.01.